The van der Waals surface area contributed by atoms with E-state index in [0.29, 0.717) is 46.2 Å². The molecule has 27 heavy (non-hydrogen) atoms. The molecule has 0 bridgehead atoms. The molecule has 0 aromatic heterocycles. The Morgan fingerprint density at radius 2 is 1.44 bits per heavy atom. The van der Waals surface area contributed by atoms with E-state index in [9.17, 15) is 10.2 Å². The fourth-order valence-corrected chi connectivity index (χ4v) is 2.59. The number of aliphatic hydroxyl groups excluding tert-OH is 2. The molecule has 0 radical (unpaired) electrons. The van der Waals surface area contributed by atoms with Gasteiger partial charge in [0.15, 0.2) is 0 Å². The van der Waals surface area contributed by atoms with Gasteiger partial charge in [-0.3, -0.25) is 0 Å². The molecule has 3 aliphatic rings. The Hall–Kier alpha value is -0.360. The molecule has 0 aromatic rings. The van der Waals surface area contributed by atoms with Crippen LogP contribution in [0.3, 0.4) is 0 Å². The molecule has 158 valence electrons. The summed E-state index contributed by atoms with van der Waals surface area (Å²) in [6, 6.07) is 0. The average Bonchev–Trinajstić information content (AvgIpc) is 3.51. The standard InChI is InChI=1S/C18H32O9/c1-2-3-21-10-15(19)17(20)18(27-9-14-7-25-14)16(26-8-13-6-24-13)11-22-4-12-5-23-12/h12-20H,2-11H2,1H3. The van der Waals surface area contributed by atoms with Crippen molar-refractivity contribution in [2.24, 2.45) is 0 Å². The first-order chi connectivity index (χ1) is 13.2. The van der Waals surface area contributed by atoms with Gasteiger partial charge in [-0.2, -0.15) is 0 Å². The third-order valence-electron chi connectivity index (χ3n) is 4.50. The first-order valence-electron chi connectivity index (χ1n) is 9.77. The van der Waals surface area contributed by atoms with Gasteiger partial charge < -0.3 is 43.4 Å². The fraction of sp³-hybridized carbons (Fsp3) is 1.00. The molecule has 7 unspecified atom stereocenters. The minimum absolute atomic E-state index is 0.0291. The SMILES string of the molecule is CCCOCC(O)C(O)C(OCC1CO1)C(COCC1CO1)OCC1CO1. The topological polar surface area (TPSA) is 115 Å². The molecule has 7 atom stereocenters. The van der Waals surface area contributed by atoms with Crippen molar-refractivity contribution in [1.29, 1.82) is 0 Å². The van der Waals surface area contributed by atoms with Gasteiger partial charge in [0.25, 0.3) is 0 Å². The summed E-state index contributed by atoms with van der Waals surface area (Å²) in [6.45, 7) is 5.96. The lowest BCUT2D eigenvalue weighted by molar-refractivity contribution is -0.173. The Morgan fingerprint density at radius 1 is 0.852 bits per heavy atom. The largest absolute Gasteiger partial charge is 0.388 e. The van der Waals surface area contributed by atoms with Crippen LogP contribution in [0.25, 0.3) is 0 Å². The van der Waals surface area contributed by atoms with Crippen LogP contribution in [0.4, 0.5) is 0 Å². The van der Waals surface area contributed by atoms with Crippen molar-refractivity contribution in [3.05, 3.63) is 0 Å². The first kappa shape index (κ1) is 21.4. The summed E-state index contributed by atoms with van der Waals surface area (Å²) in [5, 5.41) is 21.0. The summed E-state index contributed by atoms with van der Waals surface area (Å²) in [5.74, 6) is 0. The molecule has 2 N–H and O–H groups in total. The van der Waals surface area contributed by atoms with Crippen LogP contribution in [0, 0.1) is 0 Å². The molecular formula is C18H32O9. The molecule has 3 aliphatic heterocycles. The van der Waals surface area contributed by atoms with Crippen molar-refractivity contribution in [2.75, 3.05) is 59.5 Å². The second-order valence-electron chi connectivity index (χ2n) is 7.21. The number of rotatable bonds is 17. The van der Waals surface area contributed by atoms with Gasteiger partial charge in [-0.15, -0.1) is 0 Å². The molecule has 0 aromatic carbocycles. The molecule has 3 saturated heterocycles. The van der Waals surface area contributed by atoms with Gasteiger partial charge in [0.1, 0.15) is 42.7 Å². The van der Waals surface area contributed by atoms with Crippen molar-refractivity contribution in [1.82, 2.24) is 0 Å². The number of hydrogen-bond donors (Lipinski definition) is 2. The summed E-state index contributed by atoms with van der Waals surface area (Å²) in [4.78, 5) is 0. The highest BCUT2D eigenvalue weighted by molar-refractivity contribution is 4.86. The lowest BCUT2D eigenvalue weighted by atomic mass is 10.0. The summed E-state index contributed by atoms with van der Waals surface area (Å²) >= 11 is 0. The zero-order chi connectivity index (χ0) is 19.1. The van der Waals surface area contributed by atoms with E-state index in [-0.39, 0.29) is 31.5 Å². The van der Waals surface area contributed by atoms with Crippen LogP contribution < -0.4 is 0 Å². The van der Waals surface area contributed by atoms with Gasteiger partial charge in [0.05, 0.1) is 52.9 Å². The van der Waals surface area contributed by atoms with Gasteiger partial charge in [0.2, 0.25) is 0 Å². The highest BCUT2D eigenvalue weighted by atomic mass is 16.6. The monoisotopic (exact) mass is 392 g/mol. The van der Waals surface area contributed by atoms with Crippen molar-refractivity contribution >= 4 is 0 Å². The molecular weight excluding hydrogens is 360 g/mol. The molecule has 3 rings (SSSR count). The normalized spacial score (nSPS) is 30.6. The Balaban J connectivity index is 1.54. The van der Waals surface area contributed by atoms with Crippen molar-refractivity contribution in [3.8, 4) is 0 Å². The molecule has 3 fully saturated rings. The molecule has 0 saturated carbocycles. The molecule has 0 amide bonds. The quantitative estimate of drug-likeness (QED) is 0.240. The number of hydrogen-bond acceptors (Lipinski definition) is 9. The maximum Gasteiger partial charge on any atom is 0.114 e. The van der Waals surface area contributed by atoms with E-state index in [4.69, 9.17) is 33.2 Å². The lowest BCUT2D eigenvalue weighted by Crippen LogP contribution is -2.51. The second kappa shape index (κ2) is 11.0. The van der Waals surface area contributed by atoms with E-state index in [2.05, 4.69) is 0 Å². The van der Waals surface area contributed by atoms with E-state index in [1.54, 1.807) is 0 Å². The van der Waals surface area contributed by atoms with Gasteiger partial charge in [0, 0.05) is 6.61 Å². The smallest absolute Gasteiger partial charge is 0.114 e. The Morgan fingerprint density at radius 3 is 2.04 bits per heavy atom. The molecule has 3 heterocycles. The molecule has 0 aliphatic carbocycles. The minimum Gasteiger partial charge on any atom is -0.388 e. The maximum atomic E-state index is 10.7. The van der Waals surface area contributed by atoms with Crippen LogP contribution in [-0.4, -0.2) is 112 Å². The van der Waals surface area contributed by atoms with E-state index in [0.717, 1.165) is 6.42 Å². The summed E-state index contributed by atoms with van der Waals surface area (Å²) < 4.78 is 38.4. The second-order valence-corrected chi connectivity index (χ2v) is 7.21. The van der Waals surface area contributed by atoms with Crippen molar-refractivity contribution in [2.45, 2.75) is 56.1 Å². The predicted molar refractivity (Wildman–Crippen MR) is 92.6 cm³/mol. The Labute approximate surface area is 159 Å². The van der Waals surface area contributed by atoms with Crippen LogP contribution in [0.5, 0.6) is 0 Å². The fourth-order valence-electron chi connectivity index (χ4n) is 2.59. The zero-order valence-corrected chi connectivity index (χ0v) is 15.9. The van der Waals surface area contributed by atoms with E-state index < -0.39 is 24.4 Å². The minimum atomic E-state index is -1.17. The van der Waals surface area contributed by atoms with E-state index in [1.807, 2.05) is 6.92 Å². The highest BCUT2D eigenvalue weighted by Crippen LogP contribution is 2.20. The Bertz CT molecular complexity index is 412. The van der Waals surface area contributed by atoms with Gasteiger partial charge in [-0.25, -0.2) is 0 Å². The van der Waals surface area contributed by atoms with Crippen LogP contribution in [-0.2, 0) is 33.2 Å². The average molecular weight is 392 g/mol. The van der Waals surface area contributed by atoms with Crippen LogP contribution in [0.2, 0.25) is 0 Å². The molecule has 9 nitrogen and oxygen atoms in total. The lowest BCUT2D eigenvalue weighted by Gasteiger charge is -2.33. The number of epoxide rings is 3. The van der Waals surface area contributed by atoms with Crippen LogP contribution in [0.1, 0.15) is 13.3 Å². The van der Waals surface area contributed by atoms with Crippen LogP contribution in [0.15, 0.2) is 0 Å². The van der Waals surface area contributed by atoms with Crippen molar-refractivity contribution < 1.29 is 43.4 Å². The molecule has 9 heteroatoms. The number of ether oxygens (including phenoxy) is 7. The van der Waals surface area contributed by atoms with Gasteiger partial charge in [-0.05, 0) is 6.42 Å². The van der Waals surface area contributed by atoms with Gasteiger partial charge >= 0.3 is 0 Å². The Kier molecular flexibility index (Phi) is 8.69. The van der Waals surface area contributed by atoms with Crippen LogP contribution >= 0.6 is 0 Å². The third-order valence-corrected chi connectivity index (χ3v) is 4.50. The summed E-state index contributed by atoms with van der Waals surface area (Å²) in [7, 11) is 0. The van der Waals surface area contributed by atoms with Gasteiger partial charge in [-0.1, -0.05) is 6.92 Å². The highest BCUT2D eigenvalue weighted by Gasteiger charge is 2.38. The zero-order valence-electron chi connectivity index (χ0n) is 15.9. The van der Waals surface area contributed by atoms with E-state index in [1.165, 1.54) is 0 Å². The summed E-state index contributed by atoms with van der Waals surface area (Å²) in [6.07, 6.45) is -2.51. The molecule has 0 spiro atoms. The predicted octanol–water partition coefficient (Wildman–Crippen LogP) is -0.882. The first-order valence-corrected chi connectivity index (χ1v) is 9.77. The maximum absolute atomic E-state index is 10.7. The summed E-state index contributed by atoms with van der Waals surface area (Å²) in [5.41, 5.74) is 0. The number of aliphatic hydroxyl groups is 2. The van der Waals surface area contributed by atoms with Crippen molar-refractivity contribution in [3.63, 3.8) is 0 Å². The van der Waals surface area contributed by atoms with E-state index >= 15 is 0 Å². The third kappa shape index (κ3) is 8.26.